The molecule has 0 saturated carbocycles. The van der Waals surface area contributed by atoms with Gasteiger partial charge in [0.1, 0.15) is 0 Å². The fourth-order valence-electron chi connectivity index (χ4n) is 3.70. The zero-order valence-electron chi connectivity index (χ0n) is 10.6. The Labute approximate surface area is 107 Å². The number of rotatable bonds is 0. The van der Waals surface area contributed by atoms with Crippen LogP contribution in [0.3, 0.4) is 0 Å². The van der Waals surface area contributed by atoms with Gasteiger partial charge >= 0.3 is 0 Å². The van der Waals surface area contributed by atoms with Crippen molar-refractivity contribution in [3.63, 3.8) is 0 Å². The topological polar surface area (TPSA) is 43.2 Å². The molecule has 0 N–H and O–H groups in total. The Kier molecular flexibility index (Phi) is 2.42. The normalized spacial score (nSPS) is 29.8. The molecule has 1 saturated heterocycles. The van der Waals surface area contributed by atoms with Gasteiger partial charge in [0.05, 0.1) is 25.5 Å². The van der Waals surface area contributed by atoms with Crippen LogP contribution in [0.5, 0.6) is 0 Å². The Bertz CT molecular complexity index is 470. The smallest absolute Gasteiger partial charge is 0.191 e. The minimum Gasteiger partial charge on any atom is -0.344 e. The maximum atomic E-state index is 6.02. The van der Waals surface area contributed by atoms with Crippen molar-refractivity contribution in [1.29, 1.82) is 0 Å². The highest BCUT2D eigenvalue weighted by Crippen LogP contribution is 2.47. The summed E-state index contributed by atoms with van der Waals surface area (Å²) in [7, 11) is 0. The summed E-state index contributed by atoms with van der Waals surface area (Å²) in [5.74, 6) is -0.396. The van der Waals surface area contributed by atoms with Gasteiger partial charge in [0.25, 0.3) is 0 Å². The lowest BCUT2D eigenvalue weighted by Crippen LogP contribution is -2.34. The number of nitrogens with zero attached hydrogens (tertiary/aromatic N) is 2. The van der Waals surface area contributed by atoms with E-state index in [0.29, 0.717) is 0 Å². The SMILES string of the molecule is C1CCC2(OCCO2)C2=C(C1)C1=C(CC2)N=NC1. The van der Waals surface area contributed by atoms with Crippen molar-refractivity contribution in [3.8, 4) is 0 Å². The number of azo groups is 1. The lowest BCUT2D eigenvalue weighted by atomic mass is 9.84. The van der Waals surface area contributed by atoms with Crippen molar-refractivity contribution in [2.75, 3.05) is 19.8 Å². The summed E-state index contributed by atoms with van der Waals surface area (Å²) in [6.45, 7) is 2.24. The van der Waals surface area contributed by atoms with Crippen LogP contribution in [-0.2, 0) is 9.47 Å². The van der Waals surface area contributed by atoms with Crippen molar-refractivity contribution in [1.82, 2.24) is 0 Å². The number of ether oxygens (including phenoxy) is 2. The highest BCUT2D eigenvalue weighted by molar-refractivity contribution is 5.47. The largest absolute Gasteiger partial charge is 0.344 e. The second-order valence-corrected chi connectivity index (χ2v) is 5.44. The van der Waals surface area contributed by atoms with Gasteiger partial charge in [-0.3, -0.25) is 0 Å². The van der Waals surface area contributed by atoms with E-state index in [-0.39, 0.29) is 0 Å². The van der Waals surface area contributed by atoms with Crippen molar-refractivity contribution < 1.29 is 9.47 Å². The van der Waals surface area contributed by atoms with E-state index in [4.69, 9.17) is 9.47 Å². The fourth-order valence-corrected chi connectivity index (χ4v) is 3.70. The van der Waals surface area contributed by atoms with Crippen molar-refractivity contribution in [3.05, 3.63) is 22.4 Å². The second kappa shape index (κ2) is 4.00. The van der Waals surface area contributed by atoms with Crippen molar-refractivity contribution >= 4 is 0 Å². The molecule has 0 aromatic carbocycles. The highest BCUT2D eigenvalue weighted by atomic mass is 16.7. The number of hydrogen-bond donors (Lipinski definition) is 0. The maximum absolute atomic E-state index is 6.02. The van der Waals surface area contributed by atoms with E-state index < -0.39 is 5.79 Å². The van der Waals surface area contributed by atoms with E-state index in [9.17, 15) is 0 Å². The molecular formula is C14H18N2O2. The van der Waals surface area contributed by atoms with Gasteiger partial charge in [-0.1, -0.05) is 0 Å². The molecule has 2 aliphatic heterocycles. The summed E-state index contributed by atoms with van der Waals surface area (Å²) in [5, 5.41) is 8.48. The van der Waals surface area contributed by atoms with Crippen LogP contribution >= 0.6 is 0 Å². The van der Waals surface area contributed by atoms with Gasteiger partial charge in [-0.05, 0) is 43.3 Å². The predicted molar refractivity (Wildman–Crippen MR) is 66.1 cm³/mol. The van der Waals surface area contributed by atoms with Gasteiger partial charge in [-0.2, -0.15) is 10.2 Å². The third-order valence-electron chi connectivity index (χ3n) is 4.51. The number of fused-ring (bicyclic) bond motifs is 2. The van der Waals surface area contributed by atoms with E-state index in [2.05, 4.69) is 10.2 Å². The highest BCUT2D eigenvalue weighted by Gasteiger charge is 2.44. The predicted octanol–water partition coefficient (Wildman–Crippen LogP) is 3.11. The third-order valence-corrected chi connectivity index (χ3v) is 4.51. The number of allylic oxidation sites excluding steroid dienone is 1. The van der Waals surface area contributed by atoms with E-state index >= 15 is 0 Å². The summed E-state index contributed by atoms with van der Waals surface area (Å²) in [4.78, 5) is 0. The van der Waals surface area contributed by atoms with E-state index in [1.54, 1.807) is 0 Å². The molecule has 0 atom stereocenters. The molecule has 1 spiro atoms. The molecule has 4 aliphatic rings. The summed E-state index contributed by atoms with van der Waals surface area (Å²) in [6, 6.07) is 0. The average Bonchev–Trinajstić information content (AvgIpc) is 2.99. The molecule has 0 amide bonds. The number of hydrogen-bond acceptors (Lipinski definition) is 4. The van der Waals surface area contributed by atoms with E-state index in [0.717, 1.165) is 45.4 Å². The first-order valence-corrected chi connectivity index (χ1v) is 6.99. The molecule has 4 nitrogen and oxygen atoms in total. The molecule has 96 valence electrons. The average molecular weight is 246 g/mol. The lowest BCUT2D eigenvalue weighted by Gasteiger charge is -2.33. The van der Waals surface area contributed by atoms with Crippen LogP contribution in [0.1, 0.15) is 38.5 Å². The first-order chi connectivity index (χ1) is 8.89. The van der Waals surface area contributed by atoms with Crippen LogP contribution < -0.4 is 0 Å². The quantitative estimate of drug-likeness (QED) is 0.659. The molecule has 0 aromatic rings. The lowest BCUT2D eigenvalue weighted by molar-refractivity contribution is -0.133. The van der Waals surface area contributed by atoms with Gasteiger partial charge < -0.3 is 9.47 Å². The van der Waals surface area contributed by atoms with Gasteiger partial charge in [0.2, 0.25) is 0 Å². The van der Waals surface area contributed by atoms with Gasteiger partial charge in [-0.15, -0.1) is 0 Å². The molecule has 18 heavy (non-hydrogen) atoms. The minimum absolute atomic E-state index is 0.396. The molecule has 1 fully saturated rings. The Hall–Kier alpha value is -1.00. The molecule has 0 radical (unpaired) electrons. The molecule has 2 aliphatic carbocycles. The van der Waals surface area contributed by atoms with Crippen molar-refractivity contribution in [2.45, 2.75) is 44.3 Å². The summed E-state index contributed by atoms with van der Waals surface area (Å²) in [6.07, 6.45) is 6.61. The molecule has 0 bridgehead atoms. The summed E-state index contributed by atoms with van der Waals surface area (Å²) < 4.78 is 12.0. The molecular weight excluding hydrogens is 228 g/mol. The molecule has 4 rings (SSSR count). The first kappa shape index (κ1) is 10.9. The van der Waals surface area contributed by atoms with Crippen molar-refractivity contribution in [2.24, 2.45) is 10.2 Å². The third kappa shape index (κ3) is 1.45. The summed E-state index contributed by atoms with van der Waals surface area (Å²) in [5.41, 5.74) is 5.45. The minimum atomic E-state index is -0.396. The Morgan fingerprint density at radius 1 is 0.944 bits per heavy atom. The van der Waals surface area contributed by atoms with E-state index in [1.165, 1.54) is 35.3 Å². The van der Waals surface area contributed by atoms with Crippen LogP contribution in [0.25, 0.3) is 0 Å². The Morgan fingerprint density at radius 3 is 2.72 bits per heavy atom. The fraction of sp³-hybridized carbons (Fsp3) is 0.714. The standard InChI is InChI=1S/C14H18N2O2/c1-2-6-14(17-7-8-18-14)12-4-5-13-11(9-15-16-13)10(12)3-1/h1-9H2. The van der Waals surface area contributed by atoms with Gasteiger partial charge in [0.15, 0.2) is 5.79 Å². The van der Waals surface area contributed by atoms with Gasteiger partial charge in [-0.25, -0.2) is 0 Å². The maximum Gasteiger partial charge on any atom is 0.191 e. The molecule has 4 heteroatoms. The Balaban J connectivity index is 1.81. The molecule has 0 aromatic heterocycles. The van der Waals surface area contributed by atoms with Crippen LogP contribution in [-0.4, -0.2) is 25.5 Å². The monoisotopic (exact) mass is 246 g/mol. The molecule has 2 heterocycles. The zero-order chi connectivity index (χ0) is 12.0. The second-order valence-electron chi connectivity index (χ2n) is 5.44. The van der Waals surface area contributed by atoms with Gasteiger partial charge in [0, 0.05) is 12.0 Å². The first-order valence-electron chi connectivity index (χ1n) is 6.99. The molecule has 0 unspecified atom stereocenters. The van der Waals surface area contributed by atoms with Crippen LogP contribution in [0.2, 0.25) is 0 Å². The zero-order valence-corrected chi connectivity index (χ0v) is 10.6. The van der Waals surface area contributed by atoms with Crippen LogP contribution in [0.15, 0.2) is 32.6 Å². The Morgan fingerprint density at radius 2 is 1.83 bits per heavy atom. The van der Waals surface area contributed by atoms with Crippen LogP contribution in [0.4, 0.5) is 0 Å². The summed E-state index contributed by atoms with van der Waals surface area (Å²) >= 11 is 0. The van der Waals surface area contributed by atoms with E-state index in [1.807, 2.05) is 0 Å². The van der Waals surface area contributed by atoms with Crippen LogP contribution in [0, 0.1) is 0 Å².